The van der Waals surface area contributed by atoms with E-state index in [-0.39, 0.29) is 11.8 Å². The molecule has 0 saturated heterocycles. The van der Waals surface area contributed by atoms with E-state index in [1.165, 1.54) is 6.26 Å². The van der Waals surface area contributed by atoms with Crippen LogP contribution in [0, 0.1) is 0 Å². The zero-order valence-electron chi connectivity index (χ0n) is 11.3. The van der Waals surface area contributed by atoms with Crippen molar-refractivity contribution in [2.45, 2.75) is 19.4 Å². The fourth-order valence-corrected chi connectivity index (χ4v) is 3.93. The lowest BCUT2D eigenvalue weighted by Crippen LogP contribution is -2.18. The zero-order chi connectivity index (χ0) is 14.9. The number of aromatic nitrogens is 2. The van der Waals surface area contributed by atoms with E-state index < -0.39 is 9.84 Å². The highest BCUT2D eigenvalue weighted by Gasteiger charge is 2.19. The summed E-state index contributed by atoms with van der Waals surface area (Å²) in [5.41, 5.74) is 1.78. The Morgan fingerprint density at radius 3 is 2.75 bits per heavy atom. The molecule has 2 rings (SSSR count). The third kappa shape index (κ3) is 3.54. The number of alkyl halides is 1. The molecule has 0 aliphatic heterocycles. The second-order valence-electron chi connectivity index (χ2n) is 4.91. The summed E-state index contributed by atoms with van der Waals surface area (Å²) in [6.07, 6.45) is 1.86. The van der Waals surface area contributed by atoms with Crippen molar-refractivity contribution < 1.29 is 8.42 Å². The number of halogens is 2. The van der Waals surface area contributed by atoms with E-state index in [1.54, 1.807) is 0 Å². The van der Waals surface area contributed by atoms with Crippen LogP contribution in [0.5, 0.6) is 0 Å². The van der Waals surface area contributed by atoms with Gasteiger partial charge in [0.15, 0.2) is 0 Å². The van der Waals surface area contributed by atoms with E-state index in [0.29, 0.717) is 12.3 Å². The van der Waals surface area contributed by atoms with Gasteiger partial charge in [-0.2, -0.15) is 0 Å². The Bertz CT molecular complexity index is 727. The minimum atomic E-state index is -3.05. The molecule has 0 aliphatic rings. The van der Waals surface area contributed by atoms with Crippen LogP contribution in [0.15, 0.2) is 22.7 Å². The SMILES string of the molecule is CC(CS(C)(=O)=O)n1c(CCCl)nc2cc(Br)ccc21. The highest BCUT2D eigenvalue weighted by Crippen LogP contribution is 2.25. The van der Waals surface area contributed by atoms with E-state index in [4.69, 9.17) is 11.6 Å². The summed E-state index contributed by atoms with van der Waals surface area (Å²) < 4.78 is 26.0. The van der Waals surface area contributed by atoms with Gasteiger partial charge in [-0.1, -0.05) is 15.9 Å². The third-order valence-electron chi connectivity index (χ3n) is 3.03. The Kier molecular flexibility index (Phi) is 4.76. The summed E-state index contributed by atoms with van der Waals surface area (Å²) in [6, 6.07) is 5.63. The average molecular weight is 380 g/mol. The molecule has 1 heterocycles. The van der Waals surface area contributed by atoms with Crippen LogP contribution in [0.2, 0.25) is 0 Å². The Balaban J connectivity index is 2.56. The van der Waals surface area contributed by atoms with Crippen molar-refractivity contribution in [1.29, 1.82) is 0 Å². The number of hydrogen-bond acceptors (Lipinski definition) is 3. The molecule has 110 valence electrons. The number of benzene rings is 1. The van der Waals surface area contributed by atoms with E-state index in [0.717, 1.165) is 21.3 Å². The summed E-state index contributed by atoms with van der Waals surface area (Å²) in [4.78, 5) is 4.57. The zero-order valence-corrected chi connectivity index (χ0v) is 14.5. The Labute approximate surface area is 132 Å². The largest absolute Gasteiger partial charge is 0.324 e. The van der Waals surface area contributed by atoms with Gasteiger partial charge in [-0.15, -0.1) is 11.6 Å². The first-order valence-corrected chi connectivity index (χ1v) is 9.60. The van der Waals surface area contributed by atoms with E-state index in [2.05, 4.69) is 20.9 Å². The molecule has 0 spiro atoms. The molecule has 1 aromatic heterocycles. The molecule has 0 fully saturated rings. The summed E-state index contributed by atoms with van der Waals surface area (Å²) in [5, 5.41) is 0. The molecular formula is C13H16BrClN2O2S. The molecule has 0 saturated carbocycles. The molecule has 1 atom stereocenters. The van der Waals surface area contributed by atoms with Crippen molar-refractivity contribution in [2.75, 3.05) is 17.9 Å². The topological polar surface area (TPSA) is 52.0 Å². The normalized spacial score (nSPS) is 13.8. The number of nitrogens with zero attached hydrogens (tertiary/aromatic N) is 2. The molecule has 0 aliphatic carbocycles. The highest BCUT2D eigenvalue weighted by molar-refractivity contribution is 9.10. The van der Waals surface area contributed by atoms with Gasteiger partial charge in [-0.05, 0) is 25.1 Å². The number of hydrogen-bond donors (Lipinski definition) is 0. The molecule has 1 unspecified atom stereocenters. The van der Waals surface area contributed by atoms with Gasteiger partial charge in [0, 0.05) is 29.1 Å². The maximum atomic E-state index is 11.5. The molecule has 0 bridgehead atoms. The van der Waals surface area contributed by atoms with Gasteiger partial charge in [0.1, 0.15) is 15.7 Å². The molecule has 0 radical (unpaired) electrons. The Morgan fingerprint density at radius 2 is 2.15 bits per heavy atom. The van der Waals surface area contributed by atoms with Crippen LogP contribution in [-0.2, 0) is 16.3 Å². The molecule has 2 aromatic rings. The van der Waals surface area contributed by atoms with Crippen molar-refractivity contribution in [1.82, 2.24) is 9.55 Å². The van der Waals surface area contributed by atoms with E-state index >= 15 is 0 Å². The van der Waals surface area contributed by atoms with Gasteiger partial charge >= 0.3 is 0 Å². The summed E-state index contributed by atoms with van der Waals surface area (Å²) >= 11 is 9.24. The highest BCUT2D eigenvalue weighted by atomic mass is 79.9. The lowest BCUT2D eigenvalue weighted by Gasteiger charge is -2.16. The Morgan fingerprint density at radius 1 is 1.45 bits per heavy atom. The van der Waals surface area contributed by atoms with E-state index in [9.17, 15) is 8.42 Å². The smallest absolute Gasteiger partial charge is 0.149 e. The fraction of sp³-hybridized carbons (Fsp3) is 0.462. The van der Waals surface area contributed by atoms with Gasteiger partial charge in [0.05, 0.1) is 16.8 Å². The maximum absolute atomic E-state index is 11.5. The van der Waals surface area contributed by atoms with Crippen LogP contribution in [0.4, 0.5) is 0 Å². The number of rotatable bonds is 5. The molecule has 4 nitrogen and oxygen atoms in total. The predicted octanol–water partition coefficient (Wildman–Crippen LogP) is 3.19. The van der Waals surface area contributed by atoms with Gasteiger partial charge in [-0.3, -0.25) is 0 Å². The standard InChI is InChI=1S/C13H16BrClN2O2S/c1-9(8-20(2,18)19)17-12-4-3-10(14)7-11(12)16-13(17)5-6-15/h3-4,7,9H,5-6,8H2,1-2H3. The van der Waals surface area contributed by atoms with Crippen LogP contribution in [0.3, 0.4) is 0 Å². The minimum absolute atomic E-state index is 0.0871. The molecular weight excluding hydrogens is 364 g/mol. The number of imidazole rings is 1. The molecule has 1 aromatic carbocycles. The lowest BCUT2D eigenvalue weighted by molar-refractivity contribution is 0.557. The second kappa shape index (κ2) is 6.03. The van der Waals surface area contributed by atoms with Crippen LogP contribution < -0.4 is 0 Å². The first kappa shape index (κ1) is 15.8. The predicted molar refractivity (Wildman–Crippen MR) is 86.3 cm³/mol. The van der Waals surface area contributed by atoms with Crippen LogP contribution in [-0.4, -0.2) is 35.9 Å². The van der Waals surface area contributed by atoms with Crippen molar-refractivity contribution in [3.05, 3.63) is 28.5 Å². The van der Waals surface area contributed by atoms with Gasteiger partial charge in [0.2, 0.25) is 0 Å². The number of fused-ring (bicyclic) bond motifs is 1. The van der Waals surface area contributed by atoms with Crippen molar-refractivity contribution in [3.63, 3.8) is 0 Å². The number of sulfone groups is 1. The fourth-order valence-electron chi connectivity index (χ4n) is 2.39. The van der Waals surface area contributed by atoms with E-state index in [1.807, 2.05) is 29.7 Å². The maximum Gasteiger partial charge on any atom is 0.149 e. The summed E-state index contributed by atoms with van der Waals surface area (Å²) in [5.74, 6) is 1.36. The lowest BCUT2D eigenvalue weighted by atomic mass is 10.3. The summed E-state index contributed by atoms with van der Waals surface area (Å²) in [7, 11) is -3.05. The first-order valence-electron chi connectivity index (χ1n) is 6.22. The molecule has 0 amide bonds. The van der Waals surface area contributed by atoms with Gasteiger partial charge < -0.3 is 4.57 Å². The first-order chi connectivity index (χ1) is 9.31. The van der Waals surface area contributed by atoms with Crippen molar-refractivity contribution in [2.24, 2.45) is 0 Å². The quantitative estimate of drug-likeness (QED) is 0.750. The molecule has 20 heavy (non-hydrogen) atoms. The number of aryl methyl sites for hydroxylation is 1. The van der Waals surface area contributed by atoms with Crippen LogP contribution >= 0.6 is 27.5 Å². The second-order valence-corrected chi connectivity index (χ2v) is 8.39. The van der Waals surface area contributed by atoms with Gasteiger partial charge in [0.25, 0.3) is 0 Å². The Hall–Kier alpha value is -0.590. The van der Waals surface area contributed by atoms with Crippen LogP contribution in [0.25, 0.3) is 11.0 Å². The third-order valence-corrected chi connectivity index (χ3v) is 4.80. The molecule has 0 N–H and O–H groups in total. The monoisotopic (exact) mass is 378 g/mol. The van der Waals surface area contributed by atoms with Crippen LogP contribution in [0.1, 0.15) is 18.8 Å². The van der Waals surface area contributed by atoms with Crippen molar-refractivity contribution in [3.8, 4) is 0 Å². The minimum Gasteiger partial charge on any atom is -0.324 e. The average Bonchev–Trinajstić information content (AvgIpc) is 2.64. The molecule has 7 heteroatoms. The summed E-state index contributed by atoms with van der Waals surface area (Å²) in [6.45, 7) is 1.89. The van der Waals surface area contributed by atoms with Crippen molar-refractivity contribution >= 4 is 48.4 Å². The van der Waals surface area contributed by atoms with Gasteiger partial charge in [-0.25, -0.2) is 13.4 Å².